The van der Waals surface area contributed by atoms with Gasteiger partial charge in [-0.3, -0.25) is 14.4 Å². The van der Waals surface area contributed by atoms with E-state index in [-0.39, 0.29) is 23.3 Å². The van der Waals surface area contributed by atoms with Crippen LogP contribution in [0.1, 0.15) is 37.4 Å². The van der Waals surface area contributed by atoms with Crippen molar-refractivity contribution < 1.29 is 9.59 Å². The van der Waals surface area contributed by atoms with Crippen molar-refractivity contribution in [2.24, 2.45) is 5.92 Å². The molecule has 1 N–H and O–H groups in total. The number of aromatic nitrogens is 2. The van der Waals surface area contributed by atoms with Crippen molar-refractivity contribution >= 4 is 11.8 Å². The number of likely N-dealkylation sites (tertiary alicyclic amines) is 1. The summed E-state index contributed by atoms with van der Waals surface area (Å²) in [4.78, 5) is 46.9. The molecule has 124 valence electrons. The molecule has 7 nitrogen and oxygen atoms in total. The lowest BCUT2D eigenvalue weighted by Crippen LogP contribution is -2.49. The lowest BCUT2D eigenvalue weighted by Gasteiger charge is -2.36. The van der Waals surface area contributed by atoms with Crippen LogP contribution in [0.4, 0.5) is 0 Å². The Labute approximate surface area is 134 Å². The summed E-state index contributed by atoms with van der Waals surface area (Å²) >= 11 is 0. The zero-order chi connectivity index (χ0) is 16.4. The van der Waals surface area contributed by atoms with Crippen molar-refractivity contribution in [2.75, 3.05) is 19.6 Å². The number of nitrogens with zero attached hydrogens (tertiary/aromatic N) is 3. The van der Waals surface area contributed by atoms with Crippen molar-refractivity contribution in [1.29, 1.82) is 0 Å². The number of H-pyrrole nitrogens is 1. The quantitative estimate of drug-likeness (QED) is 0.868. The average Bonchev–Trinajstić information content (AvgIpc) is 2.56. The second kappa shape index (κ2) is 6.52. The van der Waals surface area contributed by atoms with Gasteiger partial charge in [0.2, 0.25) is 11.8 Å². The zero-order valence-electron chi connectivity index (χ0n) is 13.4. The Morgan fingerprint density at radius 3 is 3.00 bits per heavy atom. The van der Waals surface area contributed by atoms with Gasteiger partial charge in [0.05, 0.1) is 30.0 Å². The summed E-state index contributed by atoms with van der Waals surface area (Å²) in [6.45, 7) is 4.13. The number of amides is 2. The van der Waals surface area contributed by atoms with E-state index >= 15 is 0 Å². The Bertz CT molecular complexity index is 670. The lowest BCUT2D eigenvalue weighted by molar-refractivity contribution is -0.143. The standard InChI is InChI=1S/C16H22N4O3/c1-2-6-19-8-11(3-4-14(19)21)16(23)20-7-5-13-12(9-20)15(22)18-10-17-13/h10-11H,2-9H2,1H3,(H,17,18,22)/t11-/m1/s1. The third-order valence-electron chi connectivity index (χ3n) is 4.66. The van der Waals surface area contributed by atoms with Gasteiger partial charge in [0, 0.05) is 32.5 Å². The van der Waals surface area contributed by atoms with Crippen LogP contribution in [0.3, 0.4) is 0 Å². The van der Waals surface area contributed by atoms with Crippen LogP contribution in [-0.4, -0.2) is 51.2 Å². The molecule has 0 bridgehead atoms. The molecule has 1 aromatic heterocycles. The van der Waals surface area contributed by atoms with E-state index in [9.17, 15) is 14.4 Å². The van der Waals surface area contributed by atoms with Crippen LogP contribution in [0, 0.1) is 5.92 Å². The van der Waals surface area contributed by atoms with Crippen molar-refractivity contribution in [3.05, 3.63) is 27.9 Å². The third-order valence-corrected chi connectivity index (χ3v) is 4.66. The molecular weight excluding hydrogens is 296 g/mol. The summed E-state index contributed by atoms with van der Waals surface area (Å²) in [5.41, 5.74) is 1.20. The molecule has 0 aliphatic carbocycles. The molecule has 0 radical (unpaired) electrons. The van der Waals surface area contributed by atoms with Crippen LogP contribution in [0.2, 0.25) is 0 Å². The SMILES string of the molecule is CCCN1C[C@H](C(=O)N2CCc3nc[nH]c(=O)c3C2)CCC1=O. The van der Waals surface area contributed by atoms with Gasteiger partial charge in [-0.1, -0.05) is 6.92 Å². The molecule has 1 fully saturated rings. The molecule has 0 unspecified atom stereocenters. The maximum Gasteiger partial charge on any atom is 0.255 e. The number of fused-ring (bicyclic) bond motifs is 1. The normalized spacial score (nSPS) is 21.3. The van der Waals surface area contributed by atoms with Crippen LogP contribution in [0.5, 0.6) is 0 Å². The minimum atomic E-state index is -0.168. The molecule has 2 aliphatic heterocycles. The second-order valence-electron chi connectivity index (χ2n) is 6.24. The molecule has 0 aromatic carbocycles. The highest BCUT2D eigenvalue weighted by Gasteiger charge is 2.34. The first-order valence-corrected chi connectivity index (χ1v) is 8.22. The highest BCUT2D eigenvalue weighted by atomic mass is 16.2. The second-order valence-corrected chi connectivity index (χ2v) is 6.24. The van der Waals surface area contributed by atoms with Crippen molar-refractivity contribution in [1.82, 2.24) is 19.8 Å². The summed E-state index contributed by atoms with van der Waals surface area (Å²) in [7, 11) is 0. The Hall–Kier alpha value is -2.18. The topological polar surface area (TPSA) is 86.4 Å². The maximum atomic E-state index is 12.8. The number of carbonyl (C=O) groups is 2. The predicted octanol–water partition coefficient (Wildman–Crippen LogP) is 0.303. The van der Waals surface area contributed by atoms with Gasteiger partial charge in [-0.15, -0.1) is 0 Å². The van der Waals surface area contributed by atoms with E-state index in [1.807, 2.05) is 6.92 Å². The Morgan fingerprint density at radius 1 is 1.39 bits per heavy atom. The lowest BCUT2D eigenvalue weighted by atomic mass is 9.94. The summed E-state index contributed by atoms with van der Waals surface area (Å²) in [6.07, 6.45) is 3.95. The minimum absolute atomic E-state index is 0.0486. The van der Waals surface area contributed by atoms with E-state index in [1.54, 1.807) is 9.80 Å². The van der Waals surface area contributed by atoms with E-state index in [0.29, 0.717) is 51.0 Å². The van der Waals surface area contributed by atoms with E-state index in [2.05, 4.69) is 9.97 Å². The fourth-order valence-corrected chi connectivity index (χ4v) is 3.40. The van der Waals surface area contributed by atoms with E-state index < -0.39 is 0 Å². The fourth-order valence-electron chi connectivity index (χ4n) is 3.40. The number of piperidine rings is 1. The highest BCUT2D eigenvalue weighted by molar-refractivity contribution is 5.84. The number of carbonyl (C=O) groups excluding carboxylic acids is 2. The summed E-state index contributed by atoms with van der Waals surface area (Å²) in [6, 6.07) is 0. The number of hydrogen-bond acceptors (Lipinski definition) is 4. The van der Waals surface area contributed by atoms with Gasteiger partial charge in [0.1, 0.15) is 0 Å². The van der Waals surface area contributed by atoms with Crippen molar-refractivity contribution in [2.45, 2.75) is 39.2 Å². The molecule has 0 saturated carbocycles. The van der Waals surface area contributed by atoms with Crippen molar-refractivity contribution in [3.63, 3.8) is 0 Å². The number of aromatic amines is 1. The van der Waals surface area contributed by atoms with Gasteiger partial charge < -0.3 is 14.8 Å². The fraction of sp³-hybridized carbons (Fsp3) is 0.625. The van der Waals surface area contributed by atoms with Crippen molar-refractivity contribution in [3.8, 4) is 0 Å². The van der Waals surface area contributed by atoms with Crippen LogP contribution < -0.4 is 5.56 Å². The first kappa shape index (κ1) is 15.7. The number of hydrogen-bond donors (Lipinski definition) is 1. The molecule has 1 aromatic rings. The van der Waals surface area contributed by atoms with E-state index in [4.69, 9.17) is 0 Å². The highest BCUT2D eigenvalue weighted by Crippen LogP contribution is 2.23. The van der Waals surface area contributed by atoms with Crippen LogP contribution in [0.15, 0.2) is 11.1 Å². The summed E-state index contributed by atoms with van der Waals surface area (Å²) in [5, 5.41) is 0. The molecule has 1 saturated heterocycles. The Morgan fingerprint density at radius 2 is 2.22 bits per heavy atom. The van der Waals surface area contributed by atoms with E-state index in [0.717, 1.165) is 12.1 Å². The maximum absolute atomic E-state index is 12.8. The molecule has 7 heteroatoms. The molecule has 2 amide bonds. The molecule has 3 heterocycles. The van der Waals surface area contributed by atoms with Gasteiger partial charge in [-0.05, 0) is 12.8 Å². The van der Waals surface area contributed by atoms with Gasteiger partial charge in [-0.2, -0.15) is 0 Å². The van der Waals surface area contributed by atoms with Gasteiger partial charge in [-0.25, -0.2) is 4.98 Å². The van der Waals surface area contributed by atoms with Gasteiger partial charge in [0.25, 0.3) is 5.56 Å². The first-order chi connectivity index (χ1) is 11.1. The summed E-state index contributed by atoms with van der Waals surface area (Å²) in [5.74, 6) is 0.0320. The van der Waals surface area contributed by atoms with E-state index in [1.165, 1.54) is 6.33 Å². The van der Waals surface area contributed by atoms with Crippen LogP contribution in [-0.2, 0) is 22.6 Å². The first-order valence-electron chi connectivity index (χ1n) is 8.22. The molecule has 1 atom stereocenters. The van der Waals surface area contributed by atoms with Gasteiger partial charge >= 0.3 is 0 Å². The smallest absolute Gasteiger partial charge is 0.255 e. The Balaban J connectivity index is 1.71. The predicted molar refractivity (Wildman–Crippen MR) is 83.6 cm³/mol. The molecule has 3 rings (SSSR count). The minimum Gasteiger partial charge on any atom is -0.342 e. The molecule has 23 heavy (non-hydrogen) atoms. The zero-order valence-corrected chi connectivity index (χ0v) is 13.4. The molecular formula is C16H22N4O3. The molecule has 0 spiro atoms. The van der Waals surface area contributed by atoms with Gasteiger partial charge in [0.15, 0.2) is 0 Å². The third kappa shape index (κ3) is 3.13. The average molecular weight is 318 g/mol. The van der Waals surface area contributed by atoms with Crippen LogP contribution >= 0.6 is 0 Å². The summed E-state index contributed by atoms with van der Waals surface area (Å²) < 4.78 is 0. The van der Waals surface area contributed by atoms with Crippen LogP contribution in [0.25, 0.3) is 0 Å². The monoisotopic (exact) mass is 318 g/mol. The number of nitrogens with one attached hydrogen (secondary N) is 1. The largest absolute Gasteiger partial charge is 0.342 e. The number of rotatable bonds is 3. The Kier molecular flexibility index (Phi) is 4.45. The molecule has 2 aliphatic rings.